The van der Waals surface area contributed by atoms with Crippen LogP contribution in [0, 0.1) is 0 Å². The van der Waals surface area contributed by atoms with Crippen LogP contribution in [0.25, 0.3) is 10.6 Å². The van der Waals surface area contributed by atoms with Crippen molar-refractivity contribution in [3.8, 4) is 10.6 Å². The third kappa shape index (κ3) is 2.97. The highest BCUT2D eigenvalue weighted by molar-refractivity contribution is 7.19. The van der Waals surface area contributed by atoms with Crippen LogP contribution in [0.2, 0.25) is 9.49 Å². The van der Waals surface area contributed by atoms with Gasteiger partial charge in [-0.2, -0.15) is 0 Å². The number of thiophene rings is 1. The van der Waals surface area contributed by atoms with Gasteiger partial charge in [-0.05, 0) is 12.1 Å². The van der Waals surface area contributed by atoms with Crippen LogP contribution >= 0.6 is 34.5 Å². The lowest BCUT2D eigenvalue weighted by molar-refractivity contribution is 0.546. The SMILES string of the molecule is CC(C)(C)c1nc(Cl)cc(-c2ccc(Cl)s2)n1. The zero-order chi connectivity index (χ0) is 12.6. The Kier molecular flexibility index (Phi) is 3.43. The molecule has 2 nitrogen and oxygen atoms in total. The monoisotopic (exact) mass is 286 g/mol. The van der Waals surface area contributed by atoms with Crippen LogP contribution in [-0.4, -0.2) is 9.97 Å². The molecule has 0 atom stereocenters. The van der Waals surface area contributed by atoms with Crippen molar-refractivity contribution in [2.75, 3.05) is 0 Å². The van der Waals surface area contributed by atoms with Gasteiger partial charge >= 0.3 is 0 Å². The van der Waals surface area contributed by atoms with Gasteiger partial charge in [0.05, 0.1) is 14.9 Å². The fourth-order valence-electron chi connectivity index (χ4n) is 1.33. The van der Waals surface area contributed by atoms with Gasteiger partial charge in [0.15, 0.2) is 0 Å². The normalized spacial score (nSPS) is 11.8. The molecule has 0 aliphatic rings. The molecule has 0 radical (unpaired) electrons. The van der Waals surface area contributed by atoms with E-state index >= 15 is 0 Å². The molecule has 2 rings (SSSR count). The van der Waals surface area contributed by atoms with Crippen molar-refractivity contribution in [3.63, 3.8) is 0 Å². The Balaban J connectivity index is 2.52. The second kappa shape index (κ2) is 4.56. The molecule has 2 heterocycles. The van der Waals surface area contributed by atoms with E-state index in [1.54, 1.807) is 6.07 Å². The van der Waals surface area contributed by atoms with Crippen molar-refractivity contribution >= 4 is 34.5 Å². The van der Waals surface area contributed by atoms with Crippen LogP contribution in [0.3, 0.4) is 0 Å². The Morgan fingerprint density at radius 2 is 1.82 bits per heavy atom. The first-order valence-corrected chi connectivity index (χ1v) is 6.74. The van der Waals surface area contributed by atoms with Crippen LogP contribution in [0.4, 0.5) is 0 Å². The molecule has 0 amide bonds. The standard InChI is InChI=1S/C12H12Cl2N2S/c1-12(2,3)11-15-7(6-9(13)16-11)8-4-5-10(14)17-8/h4-6H,1-3H3. The molecule has 90 valence electrons. The van der Waals surface area contributed by atoms with Crippen molar-refractivity contribution in [3.05, 3.63) is 33.5 Å². The van der Waals surface area contributed by atoms with Crippen molar-refractivity contribution in [1.29, 1.82) is 0 Å². The molecule has 0 unspecified atom stereocenters. The molecule has 0 bridgehead atoms. The molecule has 0 spiro atoms. The smallest absolute Gasteiger partial charge is 0.136 e. The van der Waals surface area contributed by atoms with Gasteiger partial charge in [-0.3, -0.25) is 0 Å². The van der Waals surface area contributed by atoms with Gasteiger partial charge in [-0.25, -0.2) is 9.97 Å². The van der Waals surface area contributed by atoms with Crippen LogP contribution in [-0.2, 0) is 5.41 Å². The molecule has 2 aromatic heterocycles. The van der Waals surface area contributed by atoms with Crippen molar-refractivity contribution in [2.45, 2.75) is 26.2 Å². The van der Waals surface area contributed by atoms with E-state index in [4.69, 9.17) is 23.2 Å². The summed E-state index contributed by atoms with van der Waals surface area (Å²) in [6, 6.07) is 5.56. The molecule has 0 aliphatic heterocycles. The third-order valence-corrected chi connectivity index (χ3v) is 3.64. The van der Waals surface area contributed by atoms with E-state index in [0.717, 1.165) is 20.7 Å². The summed E-state index contributed by atoms with van der Waals surface area (Å²) in [6.07, 6.45) is 0. The number of rotatable bonds is 1. The summed E-state index contributed by atoms with van der Waals surface area (Å²) in [6.45, 7) is 6.18. The predicted octanol–water partition coefficient (Wildman–Crippen LogP) is 4.81. The molecule has 2 aromatic rings. The van der Waals surface area contributed by atoms with Crippen molar-refractivity contribution < 1.29 is 0 Å². The lowest BCUT2D eigenvalue weighted by atomic mass is 9.95. The average Bonchev–Trinajstić information content (AvgIpc) is 2.62. The highest BCUT2D eigenvalue weighted by Gasteiger charge is 2.19. The van der Waals surface area contributed by atoms with Crippen LogP contribution in [0.15, 0.2) is 18.2 Å². The zero-order valence-corrected chi connectivity index (χ0v) is 12.1. The highest BCUT2D eigenvalue weighted by atomic mass is 35.5. The highest BCUT2D eigenvalue weighted by Crippen LogP contribution is 2.32. The largest absolute Gasteiger partial charge is 0.231 e. The molecule has 0 aliphatic carbocycles. The summed E-state index contributed by atoms with van der Waals surface area (Å²) in [4.78, 5) is 9.81. The predicted molar refractivity (Wildman–Crippen MR) is 74.1 cm³/mol. The Labute approximate surface area is 115 Å². The Hall–Kier alpha value is -0.640. The minimum atomic E-state index is -0.124. The molecule has 5 heteroatoms. The van der Waals surface area contributed by atoms with Crippen molar-refractivity contribution in [1.82, 2.24) is 9.97 Å². The molecular weight excluding hydrogens is 275 g/mol. The molecular formula is C12H12Cl2N2S. The summed E-state index contributed by atoms with van der Waals surface area (Å²) in [5, 5.41) is 0.462. The Morgan fingerprint density at radius 3 is 2.35 bits per heavy atom. The van der Waals surface area contributed by atoms with Gasteiger partial charge in [0.2, 0.25) is 0 Å². The summed E-state index contributed by atoms with van der Waals surface area (Å²) < 4.78 is 0.743. The Bertz CT molecular complexity index is 544. The summed E-state index contributed by atoms with van der Waals surface area (Å²) in [5.74, 6) is 0.740. The zero-order valence-electron chi connectivity index (χ0n) is 9.79. The van der Waals surface area contributed by atoms with E-state index < -0.39 is 0 Å². The summed E-state index contributed by atoms with van der Waals surface area (Å²) in [7, 11) is 0. The second-order valence-corrected chi connectivity index (χ2v) is 6.86. The number of nitrogens with zero attached hydrogens (tertiary/aromatic N) is 2. The fourth-order valence-corrected chi connectivity index (χ4v) is 2.52. The lowest BCUT2D eigenvalue weighted by Gasteiger charge is -2.17. The second-order valence-electron chi connectivity index (χ2n) is 4.75. The van der Waals surface area contributed by atoms with Gasteiger partial charge in [0, 0.05) is 11.5 Å². The quantitative estimate of drug-likeness (QED) is 0.703. The van der Waals surface area contributed by atoms with Crippen LogP contribution < -0.4 is 0 Å². The van der Waals surface area contributed by atoms with E-state index in [-0.39, 0.29) is 5.41 Å². The van der Waals surface area contributed by atoms with E-state index in [1.807, 2.05) is 12.1 Å². The first kappa shape index (κ1) is 12.8. The molecule has 0 aromatic carbocycles. The maximum atomic E-state index is 6.03. The molecule has 0 saturated heterocycles. The molecule has 0 N–H and O–H groups in total. The van der Waals surface area contributed by atoms with E-state index in [1.165, 1.54) is 11.3 Å². The maximum absolute atomic E-state index is 6.03. The van der Waals surface area contributed by atoms with Crippen LogP contribution in [0.5, 0.6) is 0 Å². The minimum Gasteiger partial charge on any atom is -0.231 e. The molecule has 0 saturated carbocycles. The number of hydrogen-bond acceptors (Lipinski definition) is 3. The first-order valence-electron chi connectivity index (χ1n) is 5.17. The fraction of sp³-hybridized carbons (Fsp3) is 0.333. The van der Waals surface area contributed by atoms with E-state index in [0.29, 0.717) is 5.15 Å². The molecule has 0 fully saturated rings. The van der Waals surface area contributed by atoms with Crippen molar-refractivity contribution in [2.24, 2.45) is 0 Å². The topological polar surface area (TPSA) is 25.8 Å². The minimum absolute atomic E-state index is 0.124. The van der Waals surface area contributed by atoms with E-state index in [9.17, 15) is 0 Å². The number of aromatic nitrogens is 2. The van der Waals surface area contributed by atoms with Gasteiger partial charge in [0.1, 0.15) is 11.0 Å². The maximum Gasteiger partial charge on any atom is 0.136 e. The summed E-state index contributed by atoms with van der Waals surface area (Å²) >= 11 is 13.4. The van der Waals surface area contributed by atoms with Crippen LogP contribution in [0.1, 0.15) is 26.6 Å². The molecule has 17 heavy (non-hydrogen) atoms. The third-order valence-electron chi connectivity index (χ3n) is 2.19. The van der Waals surface area contributed by atoms with Gasteiger partial charge in [-0.1, -0.05) is 44.0 Å². The Morgan fingerprint density at radius 1 is 1.12 bits per heavy atom. The van der Waals surface area contributed by atoms with Gasteiger partial charge in [-0.15, -0.1) is 11.3 Å². The average molecular weight is 287 g/mol. The van der Waals surface area contributed by atoms with Gasteiger partial charge in [0.25, 0.3) is 0 Å². The van der Waals surface area contributed by atoms with E-state index in [2.05, 4.69) is 30.7 Å². The number of hydrogen-bond donors (Lipinski definition) is 0. The lowest BCUT2D eigenvalue weighted by Crippen LogP contribution is -2.16. The first-order chi connectivity index (χ1) is 7.86. The van der Waals surface area contributed by atoms with Gasteiger partial charge < -0.3 is 0 Å². The summed E-state index contributed by atoms with van der Waals surface area (Å²) in [5.41, 5.74) is 0.701. The number of halogens is 2.